The van der Waals surface area contributed by atoms with Crippen molar-refractivity contribution < 1.29 is 19.7 Å². The lowest BCUT2D eigenvalue weighted by molar-refractivity contribution is -0.138. The summed E-state index contributed by atoms with van der Waals surface area (Å²) < 4.78 is 5.34. The van der Waals surface area contributed by atoms with Gasteiger partial charge >= 0.3 is 0 Å². The lowest BCUT2D eigenvalue weighted by Crippen LogP contribution is -2.49. The number of likely N-dealkylation sites (tertiary alicyclic amines) is 1. The molecule has 23 heavy (non-hydrogen) atoms. The molecule has 0 aromatic heterocycles. The van der Waals surface area contributed by atoms with Crippen molar-refractivity contribution in [2.45, 2.75) is 56.1 Å². The molecule has 2 aliphatic heterocycles. The van der Waals surface area contributed by atoms with Gasteiger partial charge in [0.25, 0.3) is 0 Å². The fourth-order valence-corrected chi connectivity index (χ4v) is 4.15. The molecule has 3 fully saturated rings. The Balaban J connectivity index is 1.50. The predicted molar refractivity (Wildman–Crippen MR) is 86.1 cm³/mol. The Labute approximate surface area is 138 Å². The lowest BCUT2D eigenvalue weighted by atomic mass is 9.82. The van der Waals surface area contributed by atoms with E-state index in [9.17, 15) is 15.0 Å². The van der Waals surface area contributed by atoms with Gasteiger partial charge in [-0.25, -0.2) is 0 Å². The first-order chi connectivity index (χ1) is 11.0. The average Bonchev–Trinajstić information content (AvgIpc) is 2.91. The molecule has 132 valence electrons. The Morgan fingerprint density at radius 2 is 1.65 bits per heavy atom. The zero-order valence-corrected chi connectivity index (χ0v) is 14.0. The molecule has 1 aliphatic carbocycles. The second-order valence-corrected chi connectivity index (χ2v) is 7.64. The summed E-state index contributed by atoms with van der Waals surface area (Å²) in [6.45, 7) is 4.70. The quantitative estimate of drug-likeness (QED) is 0.781. The van der Waals surface area contributed by atoms with Crippen LogP contribution in [0.15, 0.2) is 0 Å². The number of morpholine rings is 1. The molecule has 0 unspecified atom stereocenters. The van der Waals surface area contributed by atoms with Gasteiger partial charge in [0.1, 0.15) is 0 Å². The minimum absolute atomic E-state index is 0.00713. The number of carbonyl (C=O) groups is 1. The monoisotopic (exact) mass is 326 g/mol. The van der Waals surface area contributed by atoms with E-state index in [4.69, 9.17) is 4.74 Å². The van der Waals surface area contributed by atoms with E-state index in [1.165, 1.54) is 0 Å². The second-order valence-electron chi connectivity index (χ2n) is 7.64. The molecule has 0 aromatic carbocycles. The molecular weight excluding hydrogens is 296 g/mol. The first kappa shape index (κ1) is 17.1. The molecule has 6 nitrogen and oxygen atoms in total. The van der Waals surface area contributed by atoms with Crippen LogP contribution in [0.3, 0.4) is 0 Å². The van der Waals surface area contributed by atoms with Crippen molar-refractivity contribution in [3.8, 4) is 0 Å². The van der Waals surface area contributed by atoms with E-state index in [1.54, 1.807) is 4.90 Å². The topological polar surface area (TPSA) is 73.2 Å². The molecule has 6 heteroatoms. The maximum atomic E-state index is 12.5. The molecule has 0 bridgehead atoms. The van der Waals surface area contributed by atoms with E-state index in [2.05, 4.69) is 4.90 Å². The van der Waals surface area contributed by atoms with E-state index in [0.29, 0.717) is 39.3 Å². The van der Waals surface area contributed by atoms with Crippen LogP contribution in [-0.4, -0.2) is 83.1 Å². The summed E-state index contributed by atoms with van der Waals surface area (Å²) in [6.07, 6.45) is 5.44. The van der Waals surface area contributed by atoms with E-state index in [0.717, 1.165) is 45.2 Å². The minimum atomic E-state index is -0.819. The number of hydrogen-bond acceptors (Lipinski definition) is 5. The number of ether oxygens (including phenoxy) is 1. The Bertz CT molecular complexity index is 419. The first-order valence-corrected chi connectivity index (χ1v) is 9.01. The van der Waals surface area contributed by atoms with E-state index in [1.807, 2.05) is 0 Å². The minimum Gasteiger partial charge on any atom is -0.389 e. The molecule has 0 radical (unpaired) electrons. The molecule has 0 aromatic rings. The number of carbonyl (C=O) groups excluding carboxylic acids is 1. The van der Waals surface area contributed by atoms with Crippen LogP contribution >= 0.6 is 0 Å². The van der Waals surface area contributed by atoms with Gasteiger partial charge in [0.15, 0.2) is 0 Å². The molecule has 3 rings (SSSR count). The SMILES string of the molecule is O=C(CC1(O)CCCCC1)N1CC[C@@](O)(CN2CCOCC2)C1. The number of amides is 1. The summed E-state index contributed by atoms with van der Waals surface area (Å²) in [4.78, 5) is 16.5. The van der Waals surface area contributed by atoms with Gasteiger partial charge in [-0.3, -0.25) is 9.69 Å². The molecule has 1 atom stereocenters. The third kappa shape index (κ3) is 4.44. The molecule has 2 saturated heterocycles. The van der Waals surface area contributed by atoms with E-state index < -0.39 is 11.2 Å². The average molecular weight is 326 g/mol. The van der Waals surface area contributed by atoms with Crippen LogP contribution in [0.1, 0.15) is 44.9 Å². The van der Waals surface area contributed by atoms with Crippen LogP contribution in [0.4, 0.5) is 0 Å². The number of aliphatic hydroxyl groups is 2. The van der Waals surface area contributed by atoms with Crippen LogP contribution in [0.5, 0.6) is 0 Å². The van der Waals surface area contributed by atoms with Crippen LogP contribution in [0.2, 0.25) is 0 Å². The molecule has 2 N–H and O–H groups in total. The van der Waals surface area contributed by atoms with Gasteiger partial charge in [0.2, 0.25) is 5.91 Å². The van der Waals surface area contributed by atoms with E-state index in [-0.39, 0.29) is 12.3 Å². The zero-order chi connectivity index (χ0) is 16.3. The number of nitrogens with zero attached hydrogens (tertiary/aromatic N) is 2. The molecule has 3 aliphatic rings. The highest BCUT2D eigenvalue weighted by Crippen LogP contribution is 2.32. The lowest BCUT2D eigenvalue weighted by Gasteiger charge is -2.34. The Hall–Kier alpha value is -0.690. The predicted octanol–water partition coefficient (Wildman–Crippen LogP) is 0.367. The zero-order valence-electron chi connectivity index (χ0n) is 14.0. The molecule has 0 spiro atoms. The summed E-state index contributed by atoms with van der Waals surface area (Å²) >= 11 is 0. The number of rotatable bonds is 4. The molecular formula is C17H30N2O4. The molecule has 2 heterocycles. The summed E-state index contributed by atoms with van der Waals surface area (Å²) in [6, 6.07) is 0. The van der Waals surface area contributed by atoms with Crippen LogP contribution in [-0.2, 0) is 9.53 Å². The normalized spacial score (nSPS) is 32.2. The summed E-state index contributed by atoms with van der Waals surface area (Å²) in [5.74, 6) is -0.00713. The second kappa shape index (κ2) is 7.05. The van der Waals surface area contributed by atoms with Crippen LogP contribution in [0, 0.1) is 0 Å². The van der Waals surface area contributed by atoms with Gasteiger partial charge in [-0.15, -0.1) is 0 Å². The van der Waals surface area contributed by atoms with Gasteiger partial charge in [0, 0.05) is 26.2 Å². The standard InChI is InChI=1S/C17H30N2O4/c20-15(12-16(21)4-2-1-3-5-16)19-7-6-17(22,14-19)13-18-8-10-23-11-9-18/h21-22H,1-14H2/t17-/m1/s1. The van der Waals surface area contributed by atoms with Gasteiger partial charge in [0.05, 0.1) is 37.4 Å². The highest BCUT2D eigenvalue weighted by atomic mass is 16.5. The van der Waals surface area contributed by atoms with Gasteiger partial charge in [-0.05, 0) is 19.3 Å². The molecule has 1 saturated carbocycles. The number of hydrogen-bond donors (Lipinski definition) is 2. The Kier molecular flexibility index (Phi) is 5.26. The highest BCUT2D eigenvalue weighted by Gasteiger charge is 2.41. The Morgan fingerprint density at radius 3 is 2.35 bits per heavy atom. The smallest absolute Gasteiger partial charge is 0.225 e. The van der Waals surface area contributed by atoms with Gasteiger partial charge < -0.3 is 19.8 Å². The van der Waals surface area contributed by atoms with Gasteiger partial charge in [-0.1, -0.05) is 19.3 Å². The number of β-amino-alcohol motifs (C(OH)–C–C–N with tert-alkyl or cyclic N) is 1. The summed E-state index contributed by atoms with van der Waals surface area (Å²) in [7, 11) is 0. The fraction of sp³-hybridized carbons (Fsp3) is 0.941. The summed E-state index contributed by atoms with van der Waals surface area (Å²) in [5.41, 5.74) is -1.64. The van der Waals surface area contributed by atoms with Crippen molar-refractivity contribution in [2.24, 2.45) is 0 Å². The van der Waals surface area contributed by atoms with Crippen LogP contribution in [0.25, 0.3) is 0 Å². The summed E-state index contributed by atoms with van der Waals surface area (Å²) in [5, 5.41) is 21.4. The fourth-order valence-electron chi connectivity index (χ4n) is 4.15. The van der Waals surface area contributed by atoms with Crippen molar-refractivity contribution in [1.82, 2.24) is 9.80 Å². The van der Waals surface area contributed by atoms with Crippen molar-refractivity contribution >= 4 is 5.91 Å². The van der Waals surface area contributed by atoms with Crippen molar-refractivity contribution in [1.29, 1.82) is 0 Å². The third-order valence-electron chi connectivity index (χ3n) is 5.57. The third-order valence-corrected chi connectivity index (χ3v) is 5.57. The largest absolute Gasteiger partial charge is 0.389 e. The van der Waals surface area contributed by atoms with E-state index >= 15 is 0 Å². The maximum absolute atomic E-state index is 12.5. The molecule has 1 amide bonds. The van der Waals surface area contributed by atoms with Crippen molar-refractivity contribution in [3.63, 3.8) is 0 Å². The maximum Gasteiger partial charge on any atom is 0.225 e. The highest BCUT2D eigenvalue weighted by molar-refractivity contribution is 5.77. The van der Waals surface area contributed by atoms with Crippen molar-refractivity contribution in [3.05, 3.63) is 0 Å². The van der Waals surface area contributed by atoms with Gasteiger partial charge in [-0.2, -0.15) is 0 Å². The first-order valence-electron chi connectivity index (χ1n) is 9.01. The van der Waals surface area contributed by atoms with Crippen molar-refractivity contribution in [2.75, 3.05) is 45.9 Å². The Morgan fingerprint density at radius 1 is 0.957 bits per heavy atom. The van der Waals surface area contributed by atoms with Crippen LogP contribution < -0.4 is 0 Å².